The van der Waals surface area contributed by atoms with Crippen LogP contribution in [0.2, 0.25) is 0 Å². The Labute approximate surface area is 107 Å². The lowest BCUT2D eigenvalue weighted by atomic mass is 10.1. The SMILES string of the molecule is CC(C)C(C(=O)O)S(=O)(=O)C(C)C(=O)NC1CC1. The largest absolute Gasteiger partial charge is 0.480 e. The Morgan fingerprint density at radius 1 is 1.22 bits per heavy atom. The summed E-state index contributed by atoms with van der Waals surface area (Å²) in [5.41, 5.74) is 0. The fraction of sp³-hybridized carbons (Fsp3) is 0.818. The number of nitrogens with one attached hydrogen (secondary N) is 1. The van der Waals surface area contributed by atoms with Crippen LogP contribution in [0.1, 0.15) is 33.6 Å². The first-order chi connectivity index (χ1) is 8.17. The van der Waals surface area contributed by atoms with Crippen LogP contribution in [0.3, 0.4) is 0 Å². The van der Waals surface area contributed by atoms with E-state index in [4.69, 9.17) is 5.11 Å². The molecule has 0 bridgehead atoms. The standard InChI is InChI=1S/C11H19NO5S/c1-6(2)9(11(14)15)18(16,17)7(3)10(13)12-8-4-5-8/h6-9H,4-5H2,1-3H3,(H,12,13)(H,14,15). The van der Waals surface area contributed by atoms with Crippen molar-refractivity contribution in [1.29, 1.82) is 0 Å². The molecular formula is C11H19NO5S. The van der Waals surface area contributed by atoms with Gasteiger partial charge in [-0.05, 0) is 25.7 Å². The topological polar surface area (TPSA) is 101 Å². The third-order valence-electron chi connectivity index (χ3n) is 2.99. The van der Waals surface area contributed by atoms with Gasteiger partial charge in [-0.15, -0.1) is 0 Å². The van der Waals surface area contributed by atoms with E-state index in [1.165, 1.54) is 20.8 Å². The summed E-state index contributed by atoms with van der Waals surface area (Å²) in [5.74, 6) is -2.59. The van der Waals surface area contributed by atoms with Gasteiger partial charge >= 0.3 is 5.97 Å². The van der Waals surface area contributed by atoms with Crippen molar-refractivity contribution in [3.05, 3.63) is 0 Å². The number of sulfone groups is 1. The number of carboxylic acid groups (broad SMARTS) is 1. The molecule has 7 heteroatoms. The molecular weight excluding hydrogens is 258 g/mol. The highest BCUT2D eigenvalue weighted by Gasteiger charge is 2.42. The first-order valence-corrected chi connectivity index (χ1v) is 7.54. The second-order valence-electron chi connectivity index (χ2n) is 5.02. The van der Waals surface area contributed by atoms with E-state index in [2.05, 4.69) is 5.32 Å². The molecule has 1 amide bonds. The lowest BCUT2D eigenvalue weighted by molar-refractivity contribution is -0.137. The van der Waals surface area contributed by atoms with Crippen molar-refractivity contribution in [3.8, 4) is 0 Å². The zero-order valence-electron chi connectivity index (χ0n) is 10.7. The Bertz CT molecular complexity index is 438. The van der Waals surface area contributed by atoms with Gasteiger partial charge < -0.3 is 10.4 Å². The fourth-order valence-electron chi connectivity index (χ4n) is 1.72. The molecule has 18 heavy (non-hydrogen) atoms. The summed E-state index contributed by atoms with van der Waals surface area (Å²) in [7, 11) is -4.03. The average Bonchev–Trinajstić information content (AvgIpc) is 2.98. The Morgan fingerprint density at radius 2 is 1.72 bits per heavy atom. The van der Waals surface area contributed by atoms with E-state index in [-0.39, 0.29) is 6.04 Å². The first kappa shape index (κ1) is 14.9. The minimum absolute atomic E-state index is 0.0532. The summed E-state index contributed by atoms with van der Waals surface area (Å²) >= 11 is 0. The zero-order chi connectivity index (χ0) is 14.1. The number of rotatable bonds is 6. The zero-order valence-corrected chi connectivity index (χ0v) is 11.5. The van der Waals surface area contributed by atoms with Crippen molar-refractivity contribution in [1.82, 2.24) is 5.32 Å². The minimum Gasteiger partial charge on any atom is -0.480 e. The summed E-state index contributed by atoms with van der Waals surface area (Å²) in [6.07, 6.45) is 1.70. The van der Waals surface area contributed by atoms with E-state index < -0.39 is 38.1 Å². The molecule has 6 nitrogen and oxygen atoms in total. The summed E-state index contributed by atoms with van der Waals surface area (Å²) < 4.78 is 24.2. The van der Waals surface area contributed by atoms with Crippen molar-refractivity contribution in [3.63, 3.8) is 0 Å². The number of aliphatic carboxylic acids is 1. The van der Waals surface area contributed by atoms with Gasteiger partial charge in [-0.2, -0.15) is 0 Å². The number of hydrogen-bond donors (Lipinski definition) is 2. The van der Waals surface area contributed by atoms with Crippen LogP contribution in [-0.4, -0.2) is 41.9 Å². The number of amides is 1. The molecule has 0 spiro atoms. The monoisotopic (exact) mass is 277 g/mol. The van der Waals surface area contributed by atoms with Crippen LogP contribution in [0.25, 0.3) is 0 Å². The van der Waals surface area contributed by atoms with E-state index in [9.17, 15) is 18.0 Å². The Kier molecular flexibility index (Phi) is 4.37. The van der Waals surface area contributed by atoms with Gasteiger partial charge in [0.1, 0.15) is 5.25 Å². The van der Waals surface area contributed by atoms with Gasteiger partial charge in [-0.3, -0.25) is 9.59 Å². The van der Waals surface area contributed by atoms with E-state index in [0.29, 0.717) is 0 Å². The maximum Gasteiger partial charge on any atom is 0.322 e. The minimum atomic E-state index is -4.03. The lowest BCUT2D eigenvalue weighted by Crippen LogP contribution is -2.47. The highest BCUT2D eigenvalue weighted by molar-refractivity contribution is 7.94. The maximum atomic E-state index is 12.1. The van der Waals surface area contributed by atoms with Crippen molar-refractivity contribution < 1.29 is 23.1 Å². The van der Waals surface area contributed by atoms with Crippen molar-refractivity contribution in [2.45, 2.75) is 50.2 Å². The quantitative estimate of drug-likeness (QED) is 0.721. The molecule has 0 aliphatic heterocycles. The molecule has 0 aromatic heterocycles. The Hall–Kier alpha value is -1.11. The molecule has 0 aromatic carbocycles. The van der Waals surface area contributed by atoms with Gasteiger partial charge in [-0.1, -0.05) is 13.8 Å². The molecule has 0 heterocycles. The number of carboxylic acids is 1. The normalized spacial score (nSPS) is 19.3. The molecule has 0 saturated heterocycles. The van der Waals surface area contributed by atoms with Crippen molar-refractivity contribution >= 4 is 21.7 Å². The summed E-state index contributed by atoms with van der Waals surface area (Å²) in [6, 6.07) is 0.0532. The fourth-order valence-corrected chi connectivity index (χ4v) is 3.57. The molecule has 1 aliphatic carbocycles. The van der Waals surface area contributed by atoms with Gasteiger partial charge in [0.15, 0.2) is 15.1 Å². The Balaban J connectivity index is 2.88. The van der Waals surface area contributed by atoms with Crippen molar-refractivity contribution in [2.75, 3.05) is 0 Å². The van der Waals surface area contributed by atoms with Gasteiger partial charge in [0.05, 0.1) is 0 Å². The van der Waals surface area contributed by atoms with E-state index >= 15 is 0 Å². The van der Waals surface area contributed by atoms with Gasteiger partial charge in [0, 0.05) is 6.04 Å². The van der Waals surface area contributed by atoms with Crippen LogP contribution in [0.5, 0.6) is 0 Å². The maximum absolute atomic E-state index is 12.1. The van der Waals surface area contributed by atoms with Crippen LogP contribution in [0.15, 0.2) is 0 Å². The molecule has 2 unspecified atom stereocenters. The number of hydrogen-bond acceptors (Lipinski definition) is 4. The second-order valence-corrected chi connectivity index (χ2v) is 7.41. The molecule has 2 atom stereocenters. The molecule has 104 valence electrons. The molecule has 2 N–H and O–H groups in total. The molecule has 1 aliphatic rings. The second kappa shape index (κ2) is 5.26. The van der Waals surface area contributed by atoms with Crippen LogP contribution < -0.4 is 5.32 Å². The smallest absolute Gasteiger partial charge is 0.322 e. The van der Waals surface area contributed by atoms with Crippen LogP contribution in [-0.2, 0) is 19.4 Å². The van der Waals surface area contributed by atoms with Crippen LogP contribution in [0.4, 0.5) is 0 Å². The molecule has 0 aromatic rings. The highest BCUT2D eigenvalue weighted by atomic mass is 32.2. The highest BCUT2D eigenvalue weighted by Crippen LogP contribution is 2.22. The van der Waals surface area contributed by atoms with Gasteiger partial charge in [0.2, 0.25) is 5.91 Å². The average molecular weight is 277 g/mol. The van der Waals surface area contributed by atoms with E-state index in [1.807, 2.05) is 0 Å². The first-order valence-electron chi connectivity index (χ1n) is 5.93. The van der Waals surface area contributed by atoms with Gasteiger partial charge in [-0.25, -0.2) is 8.42 Å². The Morgan fingerprint density at radius 3 is 2.06 bits per heavy atom. The van der Waals surface area contributed by atoms with Gasteiger partial charge in [0.25, 0.3) is 0 Å². The number of carbonyl (C=O) groups is 2. The molecule has 1 rings (SSSR count). The van der Waals surface area contributed by atoms with Crippen molar-refractivity contribution in [2.24, 2.45) is 5.92 Å². The predicted octanol–water partition coefficient (Wildman–Crippen LogP) is 0.178. The molecule has 1 fully saturated rings. The van der Waals surface area contributed by atoms with Crippen LogP contribution >= 0.6 is 0 Å². The summed E-state index contributed by atoms with van der Waals surface area (Å²) in [5, 5.41) is 8.70. The third-order valence-corrected chi connectivity index (χ3v) is 5.64. The predicted molar refractivity (Wildman–Crippen MR) is 65.8 cm³/mol. The summed E-state index contributed by atoms with van der Waals surface area (Å²) in [6.45, 7) is 4.27. The summed E-state index contributed by atoms with van der Waals surface area (Å²) in [4.78, 5) is 22.7. The number of carbonyl (C=O) groups excluding carboxylic acids is 1. The molecule has 1 saturated carbocycles. The van der Waals surface area contributed by atoms with E-state index in [1.54, 1.807) is 0 Å². The van der Waals surface area contributed by atoms with Crippen LogP contribution in [0, 0.1) is 5.92 Å². The molecule has 0 radical (unpaired) electrons. The third kappa shape index (κ3) is 3.22. The van der Waals surface area contributed by atoms with E-state index in [0.717, 1.165) is 12.8 Å². The lowest BCUT2D eigenvalue weighted by Gasteiger charge is -2.21.